The molecule has 3 saturated carbocycles. The molecule has 5 aliphatic rings. The molecular weight excluding hydrogens is 390 g/mol. The monoisotopic (exact) mass is 441 g/mol. The van der Waals surface area contributed by atoms with Crippen molar-refractivity contribution in [3.63, 3.8) is 0 Å². The van der Waals surface area contributed by atoms with Crippen molar-refractivity contribution in [2.45, 2.75) is 105 Å². The van der Waals surface area contributed by atoms with Crippen LogP contribution < -0.4 is 0 Å². The van der Waals surface area contributed by atoms with Gasteiger partial charge in [0.25, 0.3) is 0 Å². The second-order valence-corrected chi connectivity index (χ2v) is 14.1. The van der Waals surface area contributed by atoms with Crippen LogP contribution >= 0.6 is 0 Å². The Morgan fingerprint density at radius 3 is 2.56 bits per heavy atom. The third-order valence-corrected chi connectivity index (χ3v) is 12.0. The van der Waals surface area contributed by atoms with Gasteiger partial charge in [-0.25, -0.2) is 0 Å². The molecule has 0 aromatic heterocycles. The molecule has 4 unspecified atom stereocenters. The zero-order valence-electron chi connectivity index (χ0n) is 22.0. The van der Waals surface area contributed by atoms with Gasteiger partial charge in [-0.2, -0.15) is 0 Å². The van der Waals surface area contributed by atoms with Crippen LogP contribution in [0.1, 0.15) is 99.3 Å². The molecule has 5 rings (SSSR count). The van der Waals surface area contributed by atoms with Crippen molar-refractivity contribution in [1.29, 1.82) is 0 Å². The molecule has 32 heavy (non-hydrogen) atoms. The first-order chi connectivity index (χ1) is 15.1. The number of likely N-dealkylation sites (tertiary alicyclic amines) is 1. The first-order valence-electron chi connectivity index (χ1n) is 14.2. The Hall–Kier alpha value is -0.340. The topological polar surface area (TPSA) is 23.5 Å². The van der Waals surface area contributed by atoms with Crippen molar-refractivity contribution >= 4 is 0 Å². The fourth-order valence-corrected chi connectivity index (χ4v) is 10.4. The Kier molecular flexibility index (Phi) is 5.93. The van der Waals surface area contributed by atoms with E-state index in [1.54, 1.807) is 5.57 Å². The zero-order valence-corrected chi connectivity index (χ0v) is 22.0. The number of piperidine rings is 1. The molecule has 9 atom stereocenters. The summed E-state index contributed by atoms with van der Waals surface area (Å²) in [5.74, 6) is 5.26. The molecular formula is C30H51NO. The summed E-state index contributed by atoms with van der Waals surface area (Å²) in [6.07, 6.45) is 14.5. The lowest BCUT2D eigenvalue weighted by Gasteiger charge is -2.61. The fourth-order valence-electron chi connectivity index (χ4n) is 10.4. The molecule has 0 aromatic rings. The molecule has 1 saturated heterocycles. The van der Waals surface area contributed by atoms with Crippen LogP contribution in [0.25, 0.3) is 0 Å². The van der Waals surface area contributed by atoms with Crippen LogP contribution in [0.4, 0.5) is 0 Å². The average Bonchev–Trinajstić information content (AvgIpc) is 3.08. The minimum atomic E-state index is -0.165. The standard InChI is InChI=1S/C30H51NO/c1-20-8-7-17-31(18-20)19-21(2)23-10-11-24-22-9-12-26-28(3,4)27(32)14-16-30(26,6)25(22)13-15-29(23,24)5/h12,20-25,27,32H,7-11,13-19H2,1-6H3/t20?,21-,22?,23-,24?,25?,27+,29-,30-/m1/s1. The molecule has 1 N–H and O–H groups in total. The molecule has 0 amide bonds. The summed E-state index contributed by atoms with van der Waals surface area (Å²) >= 11 is 0. The van der Waals surface area contributed by atoms with E-state index in [1.165, 1.54) is 71.0 Å². The van der Waals surface area contributed by atoms with Crippen LogP contribution in [0.15, 0.2) is 11.6 Å². The van der Waals surface area contributed by atoms with E-state index in [0.717, 1.165) is 41.9 Å². The van der Waals surface area contributed by atoms with E-state index in [9.17, 15) is 5.11 Å². The quantitative estimate of drug-likeness (QED) is 0.480. The predicted molar refractivity (Wildman–Crippen MR) is 134 cm³/mol. The second-order valence-electron chi connectivity index (χ2n) is 14.1. The van der Waals surface area contributed by atoms with Gasteiger partial charge in [-0.15, -0.1) is 0 Å². The van der Waals surface area contributed by atoms with Crippen molar-refractivity contribution < 1.29 is 5.11 Å². The highest BCUT2D eigenvalue weighted by atomic mass is 16.3. The molecule has 1 heterocycles. The van der Waals surface area contributed by atoms with Crippen LogP contribution in [0.2, 0.25) is 0 Å². The number of fused-ring (bicyclic) bond motifs is 5. The maximum atomic E-state index is 10.8. The van der Waals surface area contributed by atoms with Gasteiger partial charge in [0.1, 0.15) is 0 Å². The van der Waals surface area contributed by atoms with Crippen molar-refractivity contribution in [2.24, 2.45) is 51.8 Å². The van der Waals surface area contributed by atoms with Crippen LogP contribution in [-0.2, 0) is 0 Å². The Morgan fingerprint density at radius 2 is 1.81 bits per heavy atom. The molecule has 0 radical (unpaired) electrons. The summed E-state index contributed by atoms with van der Waals surface area (Å²) in [6.45, 7) is 18.9. The Labute approximate surface area is 198 Å². The molecule has 2 nitrogen and oxygen atoms in total. The Morgan fingerprint density at radius 1 is 1.03 bits per heavy atom. The molecule has 182 valence electrons. The largest absolute Gasteiger partial charge is 0.392 e. The van der Waals surface area contributed by atoms with Gasteiger partial charge in [0, 0.05) is 18.5 Å². The number of aliphatic hydroxyl groups excluding tert-OH is 1. The van der Waals surface area contributed by atoms with E-state index in [0.29, 0.717) is 10.8 Å². The van der Waals surface area contributed by atoms with E-state index in [4.69, 9.17) is 0 Å². The molecule has 0 spiro atoms. The number of nitrogens with zero attached hydrogens (tertiary/aromatic N) is 1. The van der Waals surface area contributed by atoms with E-state index in [1.807, 2.05) is 0 Å². The highest BCUT2D eigenvalue weighted by Gasteiger charge is 2.61. The zero-order chi connectivity index (χ0) is 22.9. The number of aliphatic hydroxyl groups is 1. The number of allylic oxidation sites excluding steroid dienone is 1. The van der Waals surface area contributed by atoms with Crippen LogP contribution in [0.5, 0.6) is 0 Å². The molecule has 0 bridgehead atoms. The molecule has 2 heteroatoms. The van der Waals surface area contributed by atoms with Crippen LogP contribution in [0, 0.1) is 51.8 Å². The smallest absolute Gasteiger partial charge is 0.0628 e. The second kappa shape index (κ2) is 8.11. The molecule has 0 aromatic carbocycles. The van der Waals surface area contributed by atoms with E-state index in [-0.39, 0.29) is 11.5 Å². The number of hydrogen-bond acceptors (Lipinski definition) is 2. The van der Waals surface area contributed by atoms with Crippen LogP contribution in [-0.4, -0.2) is 35.7 Å². The molecule has 4 aliphatic carbocycles. The summed E-state index contributed by atoms with van der Waals surface area (Å²) in [5, 5.41) is 10.8. The first-order valence-corrected chi connectivity index (χ1v) is 14.2. The van der Waals surface area contributed by atoms with Gasteiger partial charge < -0.3 is 10.0 Å². The van der Waals surface area contributed by atoms with Gasteiger partial charge >= 0.3 is 0 Å². The Balaban J connectivity index is 1.35. The highest BCUT2D eigenvalue weighted by Crippen LogP contribution is 2.68. The first kappa shape index (κ1) is 23.4. The normalized spacial score (nSPS) is 49.5. The summed E-state index contributed by atoms with van der Waals surface area (Å²) in [7, 11) is 0. The van der Waals surface area contributed by atoms with E-state index < -0.39 is 0 Å². The van der Waals surface area contributed by atoms with Gasteiger partial charge in [0.2, 0.25) is 0 Å². The average molecular weight is 442 g/mol. The SMILES string of the molecule is CC1CCCN(C[C@@H](C)[C@H]2CCC3C4CC=C5C(C)(C)[C@@H](O)CC[C@]5(C)C4CC[C@@]32C)C1. The highest BCUT2D eigenvalue weighted by molar-refractivity contribution is 5.31. The summed E-state index contributed by atoms with van der Waals surface area (Å²) < 4.78 is 0. The number of rotatable bonds is 3. The maximum Gasteiger partial charge on any atom is 0.0628 e. The summed E-state index contributed by atoms with van der Waals surface area (Å²) in [5.41, 5.74) is 2.43. The Bertz CT molecular complexity index is 741. The van der Waals surface area contributed by atoms with Crippen molar-refractivity contribution in [3.05, 3.63) is 11.6 Å². The number of hydrogen-bond donors (Lipinski definition) is 1. The minimum absolute atomic E-state index is 0.0446. The third kappa shape index (κ3) is 3.48. The van der Waals surface area contributed by atoms with E-state index in [2.05, 4.69) is 52.5 Å². The van der Waals surface area contributed by atoms with Gasteiger partial charge in [0.15, 0.2) is 0 Å². The van der Waals surface area contributed by atoms with Crippen molar-refractivity contribution in [1.82, 2.24) is 4.90 Å². The van der Waals surface area contributed by atoms with Gasteiger partial charge in [-0.3, -0.25) is 0 Å². The fraction of sp³-hybridized carbons (Fsp3) is 0.933. The minimum Gasteiger partial charge on any atom is -0.392 e. The lowest BCUT2D eigenvalue weighted by molar-refractivity contribution is -0.0791. The van der Waals surface area contributed by atoms with Gasteiger partial charge in [0.05, 0.1) is 6.10 Å². The molecule has 4 fully saturated rings. The summed E-state index contributed by atoms with van der Waals surface area (Å²) in [4.78, 5) is 2.80. The van der Waals surface area contributed by atoms with Crippen LogP contribution in [0.3, 0.4) is 0 Å². The van der Waals surface area contributed by atoms with Gasteiger partial charge in [-0.05, 0) is 111 Å². The lowest BCUT2D eigenvalue weighted by Crippen LogP contribution is -2.54. The van der Waals surface area contributed by atoms with E-state index >= 15 is 0 Å². The van der Waals surface area contributed by atoms with Crippen molar-refractivity contribution in [3.8, 4) is 0 Å². The maximum absolute atomic E-state index is 10.8. The third-order valence-electron chi connectivity index (χ3n) is 12.0. The van der Waals surface area contributed by atoms with Crippen molar-refractivity contribution in [2.75, 3.05) is 19.6 Å². The predicted octanol–water partition coefficient (Wildman–Crippen LogP) is 6.93. The molecule has 1 aliphatic heterocycles. The summed E-state index contributed by atoms with van der Waals surface area (Å²) in [6, 6.07) is 0. The van der Waals surface area contributed by atoms with Gasteiger partial charge in [-0.1, -0.05) is 53.2 Å². The lowest BCUT2D eigenvalue weighted by atomic mass is 9.44.